The fourth-order valence-corrected chi connectivity index (χ4v) is 1.82. The van der Waals surface area contributed by atoms with Gasteiger partial charge < -0.3 is 19.9 Å². The largest absolute Gasteiger partial charge is 0.490 e. The molecular weight excluding hydrogens is 357 g/mol. The lowest BCUT2D eigenvalue weighted by atomic mass is 10.1. The van der Waals surface area contributed by atoms with E-state index in [4.69, 9.17) is 19.4 Å². The van der Waals surface area contributed by atoms with Crippen LogP contribution in [-0.2, 0) is 4.79 Å². The molecule has 1 aliphatic heterocycles. The first-order valence-electron chi connectivity index (χ1n) is 7.18. The quantitative estimate of drug-likeness (QED) is 0.844. The minimum atomic E-state index is -5.08. The van der Waals surface area contributed by atoms with Crippen molar-refractivity contribution in [3.63, 3.8) is 0 Å². The summed E-state index contributed by atoms with van der Waals surface area (Å²) in [6.45, 7) is 1.04. The highest BCUT2D eigenvalue weighted by Crippen LogP contribution is 2.30. The minimum Gasteiger partial charge on any atom is -0.486 e. The third-order valence-corrected chi connectivity index (χ3v) is 2.99. The van der Waals surface area contributed by atoms with Gasteiger partial charge in [-0.1, -0.05) is 0 Å². The van der Waals surface area contributed by atoms with Crippen LogP contribution in [0, 0.1) is 0 Å². The summed E-state index contributed by atoms with van der Waals surface area (Å²) in [4.78, 5) is 24.9. The molecule has 2 aromatic rings. The lowest BCUT2D eigenvalue weighted by Crippen LogP contribution is -2.21. The molecular formula is C16H13F3N2O5. The molecule has 0 spiro atoms. The first-order valence-corrected chi connectivity index (χ1v) is 7.18. The SMILES string of the molecule is O=C(Nc1ccncc1)c1ccc2c(c1)OCCO2.O=C(O)C(F)(F)F. The van der Waals surface area contributed by atoms with Crippen LogP contribution in [-0.4, -0.2) is 41.4 Å². The molecule has 1 aliphatic rings. The number of hydrogen-bond acceptors (Lipinski definition) is 5. The molecule has 1 aromatic heterocycles. The number of alkyl halides is 3. The molecule has 1 aromatic carbocycles. The molecule has 7 nitrogen and oxygen atoms in total. The van der Waals surface area contributed by atoms with E-state index in [0.29, 0.717) is 36.0 Å². The van der Waals surface area contributed by atoms with Gasteiger partial charge in [0.05, 0.1) is 0 Å². The molecule has 0 aliphatic carbocycles. The number of amides is 1. The van der Waals surface area contributed by atoms with Gasteiger partial charge in [-0.25, -0.2) is 4.79 Å². The monoisotopic (exact) mass is 370 g/mol. The van der Waals surface area contributed by atoms with E-state index in [9.17, 15) is 18.0 Å². The van der Waals surface area contributed by atoms with Gasteiger partial charge in [0, 0.05) is 23.6 Å². The van der Waals surface area contributed by atoms with E-state index in [-0.39, 0.29) is 5.91 Å². The maximum absolute atomic E-state index is 12.1. The highest BCUT2D eigenvalue weighted by molar-refractivity contribution is 6.04. The molecule has 3 rings (SSSR count). The number of aliphatic carboxylic acids is 1. The normalized spacial score (nSPS) is 12.4. The van der Waals surface area contributed by atoms with Gasteiger partial charge in [-0.05, 0) is 30.3 Å². The number of rotatable bonds is 2. The van der Waals surface area contributed by atoms with Crippen LogP contribution >= 0.6 is 0 Å². The molecule has 10 heteroatoms. The summed E-state index contributed by atoms with van der Waals surface area (Å²) < 4.78 is 42.6. The molecule has 0 saturated carbocycles. The summed E-state index contributed by atoms with van der Waals surface area (Å²) in [6, 6.07) is 8.61. The van der Waals surface area contributed by atoms with Crippen molar-refractivity contribution in [3.05, 3.63) is 48.3 Å². The van der Waals surface area contributed by atoms with Gasteiger partial charge in [0.15, 0.2) is 11.5 Å². The molecule has 2 N–H and O–H groups in total. The Kier molecular flexibility index (Phi) is 5.99. The Morgan fingerprint density at radius 1 is 1.04 bits per heavy atom. The molecule has 0 atom stereocenters. The van der Waals surface area contributed by atoms with Gasteiger partial charge in [-0.15, -0.1) is 0 Å². The van der Waals surface area contributed by atoms with Crippen LogP contribution in [0.3, 0.4) is 0 Å². The maximum Gasteiger partial charge on any atom is 0.490 e. The predicted octanol–water partition coefficient (Wildman–Crippen LogP) is 2.74. The van der Waals surface area contributed by atoms with Crippen LogP contribution in [0.1, 0.15) is 10.4 Å². The van der Waals surface area contributed by atoms with Gasteiger partial charge in [-0.3, -0.25) is 9.78 Å². The number of fused-ring (bicyclic) bond motifs is 1. The zero-order chi connectivity index (χ0) is 19.2. The molecule has 0 saturated heterocycles. The third-order valence-electron chi connectivity index (χ3n) is 2.99. The lowest BCUT2D eigenvalue weighted by Gasteiger charge is -2.18. The highest BCUT2D eigenvalue weighted by atomic mass is 19.4. The summed E-state index contributed by atoms with van der Waals surface area (Å²) in [7, 11) is 0. The van der Waals surface area contributed by atoms with E-state index >= 15 is 0 Å². The number of carboxylic acid groups (broad SMARTS) is 1. The number of hydrogen-bond donors (Lipinski definition) is 2. The summed E-state index contributed by atoms with van der Waals surface area (Å²) in [5.74, 6) is -1.67. The molecule has 26 heavy (non-hydrogen) atoms. The smallest absolute Gasteiger partial charge is 0.486 e. The van der Waals surface area contributed by atoms with E-state index in [2.05, 4.69) is 10.3 Å². The molecule has 1 amide bonds. The van der Waals surface area contributed by atoms with Crippen molar-refractivity contribution in [1.82, 2.24) is 4.98 Å². The van der Waals surface area contributed by atoms with Gasteiger partial charge in [0.1, 0.15) is 13.2 Å². The standard InChI is InChI=1S/C14H12N2O3.C2HF3O2/c17-14(16-11-3-5-15-6-4-11)10-1-2-12-13(9-10)19-8-7-18-12;3-2(4,5)1(6)7/h1-6,9H,7-8H2,(H,15,16,17);(H,6,7). The van der Waals surface area contributed by atoms with Crippen LogP contribution in [0.15, 0.2) is 42.7 Å². The number of nitrogens with zero attached hydrogens (tertiary/aromatic N) is 1. The zero-order valence-corrected chi connectivity index (χ0v) is 13.1. The van der Waals surface area contributed by atoms with E-state index in [1.807, 2.05) is 0 Å². The van der Waals surface area contributed by atoms with Crippen LogP contribution < -0.4 is 14.8 Å². The Bertz CT molecular complexity index is 781. The van der Waals surface area contributed by atoms with Crippen LogP contribution in [0.2, 0.25) is 0 Å². The Morgan fingerprint density at radius 3 is 2.19 bits per heavy atom. The summed E-state index contributed by atoms with van der Waals surface area (Å²) in [5, 5.41) is 9.91. The number of nitrogens with one attached hydrogen (secondary N) is 1. The highest BCUT2D eigenvalue weighted by Gasteiger charge is 2.38. The zero-order valence-electron chi connectivity index (χ0n) is 13.1. The van der Waals surface area contributed by atoms with E-state index in [0.717, 1.165) is 0 Å². The molecule has 0 fully saturated rings. The number of carbonyl (C=O) groups excluding carboxylic acids is 1. The van der Waals surface area contributed by atoms with Crippen molar-refractivity contribution in [1.29, 1.82) is 0 Å². The van der Waals surface area contributed by atoms with E-state index < -0.39 is 12.1 Å². The number of ether oxygens (including phenoxy) is 2. The topological polar surface area (TPSA) is 97.8 Å². The van der Waals surface area contributed by atoms with Gasteiger partial charge >= 0.3 is 12.1 Å². The van der Waals surface area contributed by atoms with E-state index in [1.165, 1.54) is 0 Å². The van der Waals surface area contributed by atoms with Gasteiger partial charge in [0.25, 0.3) is 5.91 Å². The minimum absolute atomic E-state index is 0.192. The van der Waals surface area contributed by atoms with Crippen molar-refractivity contribution >= 4 is 17.6 Å². The van der Waals surface area contributed by atoms with Gasteiger partial charge in [0.2, 0.25) is 0 Å². The maximum atomic E-state index is 12.1. The average molecular weight is 370 g/mol. The summed E-state index contributed by atoms with van der Waals surface area (Å²) >= 11 is 0. The number of halogens is 3. The molecule has 0 radical (unpaired) electrons. The Morgan fingerprint density at radius 2 is 1.62 bits per heavy atom. The summed E-state index contributed by atoms with van der Waals surface area (Å²) in [6.07, 6.45) is -1.83. The second-order valence-corrected chi connectivity index (χ2v) is 4.85. The Labute approximate surface area is 145 Å². The number of pyridine rings is 1. The predicted molar refractivity (Wildman–Crippen MR) is 83.3 cm³/mol. The van der Waals surface area contributed by atoms with Crippen molar-refractivity contribution in [2.75, 3.05) is 18.5 Å². The van der Waals surface area contributed by atoms with Crippen molar-refractivity contribution in [3.8, 4) is 11.5 Å². The number of carboxylic acids is 1. The second-order valence-electron chi connectivity index (χ2n) is 4.85. The van der Waals surface area contributed by atoms with Crippen LogP contribution in [0.4, 0.5) is 18.9 Å². The molecule has 138 valence electrons. The number of carbonyl (C=O) groups is 2. The first-order chi connectivity index (χ1) is 12.3. The van der Waals surface area contributed by atoms with Crippen molar-refractivity contribution in [2.24, 2.45) is 0 Å². The number of anilines is 1. The van der Waals surface area contributed by atoms with Crippen LogP contribution in [0.25, 0.3) is 0 Å². The fraction of sp³-hybridized carbons (Fsp3) is 0.188. The van der Waals surface area contributed by atoms with Crippen molar-refractivity contribution < 1.29 is 37.3 Å². The number of aromatic nitrogens is 1. The second kappa shape index (κ2) is 8.19. The first kappa shape index (κ1) is 19.0. The average Bonchev–Trinajstić information content (AvgIpc) is 2.62. The molecule has 0 bridgehead atoms. The third kappa shape index (κ3) is 5.36. The molecule has 2 heterocycles. The molecule has 0 unspecified atom stereocenters. The fourth-order valence-electron chi connectivity index (χ4n) is 1.82. The lowest BCUT2D eigenvalue weighted by molar-refractivity contribution is -0.192. The Balaban J connectivity index is 0.000000298. The van der Waals surface area contributed by atoms with Gasteiger partial charge in [-0.2, -0.15) is 13.2 Å². The van der Waals surface area contributed by atoms with Crippen LogP contribution in [0.5, 0.6) is 11.5 Å². The number of benzene rings is 1. The Hall–Kier alpha value is -3.30. The summed E-state index contributed by atoms with van der Waals surface area (Å²) in [5.41, 5.74) is 1.23. The van der Waals surface area contributed by atoms with E-state index in [1.54, 1.807) is 42.7 Å². The van der Waals surface area contributed by atoms with Crippen molar-refractivity contribution in [2.45, 2.75) is 6.18 Å².